The summed E-state index contributed by atoms with van der Waals surface area (Å²) in [5.74, 6) is 0.0624. The maximum atomic E-state index is 11.3. The number of nitrogens with one attached hydrogen (secondary N) is 1. The summed E-state index contributed by atoms with van der Waals surface area (Å²) in [5, 5.41) is 3.21. The highest BCUT2D eigenvalue weighted by molar-refractivity contribution is 5.72. The average Bonchev–Trinajstić information content (AvgIpc) is 2.15. The summed E-state index contributed by atoms with van der Waals surface area (Å²) in [6.45, 7) is 5.40. The number of ether oxygens (including phenoxy) is 1. The van der Waals surface area contributed by atoms with Gasteiger partial charge in [-0.2, -0.15) is 0 Å². The molecule has 0 bridgehead atoms. The van der Waals surface area contributed by atoms with Crippen LogP contribution in [0.5, 0.6) is 0 Å². The minimum Gasteiger partial charge on any atom is -0.458 e. The lowest BCUT2D eigenvalue weighted by Crippen LogP contribution is -2.32. The van der Waals surface area contributed by atoms with Crippen molar-refractivity contribution in [1.29, 1.82) is 0 Å². The van der Waals surface area contributed by atoms with E-state index in [2.05, 4.69) is 5.32 Å². The average molecular weight is 170 g/mol. The van der Waals surface area contributed by atoms with Crippen LogP contribution in [0.3, 0.4) is 0 Å². The van der Waals surface area contributed by atoms with E-state index >= 15 is 0 Å². The fourth-order valence-corrected chi connectivity index (χ4v) is 1.32. The second-order valence-electron chi connectivity index (χ2n) is 3.04. The molecule has 1 heterocycles. The van der Waals surface area contributed by atoms with Gasteiger partial charge in [-0.1, -0.05) is 6.92 Å². The molecule has 1 aliphatic rings. The third-order valence-corrected chi connectivity index (χ3v) is 2.04. The Labute approximate surface area is 73.5 Å². The largest absolute Gasteiger partial charge is 0.458 e. The molecule has 0 amide bonds. The van der Waals surface area contributed by atoms with Crippen LogP contribution >= 0.6 is 0 Å². The van der Waals surface area contributed by atoms with Crippen molar-refractivity contribution in [2.24, 2.45) is 5.92 Å². The maximum Gasteiger partial charge on any atom is 0.309 e. The molecule has 0 unspecified atom stereocenters. The molecule has 0 atom stereocenters. The summed E-state index contributed by atoms with van der Waals surface area (Å²) in [5.41, 5.74) is 0. The zero-order valence-corrected chi connectivity index (χ0v) is 7.51. The Morgan fingerprint density at radius 1 is 1.58 bits per heavy atom. The van der Waals surface area contributed by atoms with Crippen molar-refractivity contribution >= 4 is 5.97 Å². The molecule has 1 radical (unpaired) electrons. The van der Waals surface area contributed by atoms with E-state index in [1.165, 1.54) is 0 Å². The molecule has 1 N–H and O–H groups in total. The van der Waals surface area contributed by atoms with Crippen molar-refractivity contribution in [3.05, 3.63) is 6.61 Å². The van der Waals surface area contributed by atoms with Gasteiger partial charge in [0.25, 0.3) is 0 Å². The van der Waals surface area contributed by atoms with Gasteiger partial charge < -0.3 is 10.1 Å². The number of rotatable bonds is 3. The molecule has 0 aromatic rings. The summed E-state index contributed by atoms with van der Waals surface area (Å²) in [7, 11) is 0. The molecule has 0 spiro atoms. The van der Waals surface area contributed by atoms with Gasteiger partial charge in [0.1, 0.15) is 6.61 Å². The predicted molar refractivity (Wildman–Crippen MR) is 46.3 cm³/mol. The molecule has 0 saturated carbocycles. The first kappa shape index (κ1) is 9.52. The number of carbonyl (C=O) groups excluding carboxylic acids is 1. The Morgan fingerprint density at radius 2 is 2.25 bits per heavy atom. The smallest absolute Gasteiger partial charge is 0.309 e. The van der Waals surface area contributed by atoms with E-state index < -0.39 is 0 Å². The lowest BCUT2D eigenvalue weighted by atomic mass is 9.99. The highest BCUT2D eigenvalue weighted by atomic mass is 16.5. The topological polar surface area (TPSA) is 38.3 Å². The second-order valence-corrected chi connectivity index (χ2v) is 3.04. The van der Waals surface area contributed by atoms with Gasteiger partial charge >= 0.3 is 5.97 Å². The molecule has 1 aliphatic heterocycles. The predicted octanol–water partition coefficient (Wildman–Crippen LogP) is 1.10. The van der Waals surface area contributed by atoms with Gasteiger partial charge in [-0.15, -0.1) is 0 Å². The standard InChI is InChI=1S/C9H16NO2/c1-2-7-12-9(11)8-3-5-10-6-4-8/h7-8,10H,2-6H2,1H3. The summed E-state index contributed by atoms with van der Waals surface area (Å²) in [6.07, 6.45) is 2.61. The van der Waals surface area contributed by atoms with Crippen LogP contribution in [-0.2, 0) is 9.53 Å². The van der Waals surface area contributed by atoms with Crippen molar-refractivity contribution in [3.63, 3.8) is 0 Å². The first-order valence-corrected chi connectivity index (χ1v) is 4.57. The van der Waals surface area contributed by atoms with Crippen LogP contribution in [0.25, 0.3) is 0 Å². The van der Waals surface area contributed by atoms with E-state index in [9.17, 15) is 4.79 Å². The third-order valence-electron chi connectivity index (χ3n) is 2.04. The Bertz CT molecular complexity index is 141. The van der Waals surface area contributed by atoms with Gasteiger partial charge in [0.05, 0.1) is 5.92 Å². The second kappa shape index (κ2) is 5.14. The molecule has 1 rings (SSSR count). The number of hydrogen-bond donors (Lipinski definition) is 1. The van der Waals surface area contributed by atoms with Crippen molar-refractivity contribution in [3.8, 4) is 0 Å². The van der Waals surface area contributed by atoms with Crippen LogP contribution < -0.4 is 5.32 Å². The lowest BCUT2D eigenvalue weighted by Gasteiger charge is -2.20. The van der Waals surface area contributed by atoms with E-state index in [1.807, 2.05) is 6.92 Å². The van der Waals surface area contributed by atoms with Gasteiger partial charge in [-0.3, -0.25) is 4.79 Å². The molecule has 3 nitrogen and oxygen atoms in total. The van der Waals surface area contributed by atoms with Crippen LogP contribution in [0, 0.1) is 12.5 Å². The van der Waals surface area contributed by atoms with Gasteiger partial charge in [-0.05, 0) is 32.4 Å². The zero-order valence-electron chi connectivity index (χ0n) is 7.51. The SMILES string of the molecule is CC[CH]OC(=O)C1CCNCC1. The number of piperidine rings is 1. The van der Waals surface area contributed by atoms with E-state index in [0.717, 1.165) is 32.4 Å². The van der Waals surface area contributed by atoms with Gasteiger partial charge in [0, 0.05) is 0 Å². The molecule has 0 aromatic carbocycles. The van der Waals surface area contributed by atoms with Gasteiger partial charge in [-0.25, -0.2) is 0 Å². The normalized spacial score (nSPS) is 19.1. The Hall–Kier alpha value is -0.570. The first-order valence-electron chi connectivity index (χ1n) is 4.57. The Morgan fingerprint density at radius 3 is 2.83 bits per heavy atom. The Balaban J connectivity index is 2.20. The van der Waals surface area contributed by atoms with Crippen molar-refractivity contribution in [2.45, 2.75) is 26.2 Å². The van der Waals surface area contributed by atoms with Gasteiger partial charge in [0.2, 0.25) is 0 Å². The minimum atomic E-state index is -0.0571. The highest BCUT2D eigenvalue weighted by Gasteiger charge is 2.21. The molecule has 1 fully saturated rings. The van der Waals surface area contributed by atoms with Crippen LogP contribution in [0.15, 0.2) is 0 Å². The van der Waals surface area contributed by atoms with E-state index in [0.29, 0.717) is 0 Å². The van der Waals surface area contributed by atoms with E-state index in [-0.39, 0.29) is 11.9 Å². The number of hydrogen-bond acceptors (Lipinski definition) is 3. The summed E-state index contributed by atoms with van der Waals surface area (Å²) < 4.78 is 4.94. The van der Waals surface area contributed by atoms with Crippen molar-refractivity contribution in [1.82, 2.24) is 5.32 Å². The van der Waals surface area contributed by atoms with Crippen LogP contribution in [0.2, 0.25) is 0 Å². The molecule has 3 heteroatoms. The fraction of sp³-hybridized carbons (Fsp3) is 0.778. The quantitative estimate of drug-likeness (QED) is 0.644. The zero-order chi connectivity index (χ0) is 8.81. The molecule has 12 heavy (non-hydrogen) atoms. The molecule has 1 saturated heterocycles. The van der Waals surface area contributed by atoms with E-state index in [4.69, 9.17) is 4.74 Å². The van der Waals surface area contributed by atoms with Crippen LogP contribution in [0.1, 0.15) is 26.2 Å². The summed E-state index contributed by atoms with van der Waals surface area (Å²) in [6, 6.07) is 0. The molecular weight excluding hydrogens is 154 g/mol. The third kappa shape index (κ3) is 2.81. The molecule has 69 valence electrons. The number of carbonyl (C=O) groups is 1. The first-order chi connectivity index (χ1) is 5.84. The molecule has 0 aromatic heterocycles. The number of esters is 1. The van der Waals surface area contributed by atoms with Crippen LogP contribution in [0.4, 0.5) is 0 Å². The van der Waals surface area contributed by atoms with Gasteiger partial charge in [0.15, 0.2) is 0 Å². The molecular formula is C9H16NO2. The summed E-state index contributed by atoms with van der Waals surface area (Å²) in [4.78, 5) is 11.3. The maximum absolute atomic E-state index is 11.3. The molecule has 0 aliphatic carbocycles. The van der Waals surface area contributed by atoms with Crippen molar-refractivity contribution < 1.29 is 9.53 Å². The van der Waals surface area contributed by atoms with Crippen LogP contribution in [-0.4, -0.2) is 19.1 Å². The van der Waals surface area contributed by atoms with Crippen molar-refractivity contribution in [2.75, 3.05) is 13.1 Å². The highest BCUT2D eigenvalue weighted by Crippen LogP contribution is 2.13. The Kier molecular flexibility index (Phi) is 4.08. The minimum absolute atomic E-state index is 0.0571. The lowest BCUT2D eigenvalue weighted by molar-refractivity contribution is -0.145. The fourth-order valence-electron chi connectivity index (χ4n) is 1.32. The monoisotopic (exact) mass is 170 g/mol. The summed E-state index contributed by atoms with van der Waals surface area (Å²) >= 11 is 0. The van der Waals surface area contributed by atoms with E-state index in [1.54, 1.807) is 6.61 Å².